The highest BCUT2D eigenvalue weighted by Gasteiger charge is 2.39. The van der Waals surface area contributed by atoms with Crippen molar-refractivity contribution in [3.63, 3.8) is 0 Å². The number of carbonyl (C=O) groups excluding carboxylic acids is 2. The van der Waals surface area contributed by atoms with Crippen molar-refractivity contribution in [2.45, 2.75) is 64.1 Å². The number of amides is 2. The first-order valence-corrected chi connectivity index (χ1v) is 7.03. The fraction of sp³-hybridized carbons (Fsp3) is 0.857. The summed E-state index contributed by atoms with van der Waals surface area (Å²) in [6.45, 7) is 9.12. The normalized spacial score (nSPS) is 29.9. The number of carbonyl (C=O) groups is 2. The average molecular weight is 267 g/mol. The van der Waals surface area contributed by atoms with Crippen LogP contribution in [0.3, 0.4) is 0 Å². The Hall–Kier alpha value is -1.10. The fourth-order valence-corrected chi connectivity index (χ4v) is 3.53. The Morgan fingerprint density at radius 2 is 1.79 bits per heavy atom. The molecule has 19 heavy (non-hydrogen) atoms. The van der Waals surface area contributed by atoms with Gasteiger partial charge in [0.25, 0.3) is 0 Å². The molecule has 0 saturated carbocycles. The van der Waals surface area contributed by atoms with Gasteiger partial charge in [0, 0.05) is 30.1 Å². The van der Waals surface area contributed by atoms with E-state index in [0.717, 1.165) is 12.8 Å². The molecular weight excluding hydrogens is 242 g/mol. The van der Waals surface area contributed by atoms with E-state index in [1.165, 1.54) is 0 Å². The molecule has 3 N–H and O–H groups in total. The van der Waals surface area contributed by atoms with Crippen molar-refractivity contribution < 1.29 is 9.59 Å². The standard InChI is InChI=1S/C14H25N3O2/c1-13(2)6-10(7-14(3,4)17-13)16-12(19)9-5-11(18)15-8-9/h9-10,17H,5-8H2,1-4H3,(H,15,18)(H,16,19). The van der Waals surface area contributed by atoms with Crippen LogP contribution >= 0.6 is 0 Å². The number of hydrogen-bond donors (Lipinski definition) is 3. The van der Waals surface area contributed by atoms with Crippen molar-refractivity contribution in [2.24, 2.45) is 5.92 Å². The minimum atomic E-state index is -0.200. The molecule has 0 aromatic rings. The topological polar surface area (TPSA) is 70.2 Å². The summed E-state index contributed by atoms with van der Waals surface area (Å²) in [4.78, 5) is 23.3. The van der Waals surface area contributed by atoms with Crippen molar-refractivity contribution in [3.8, 4) is 0 Å². The van der Waals surface area contributed by atoms with Crippen LogP contribution in [0.5, 0.6) is 0 Å². The van der Waals surface area contributed by atoms with E-state index in [2.05, 4.69) is 43.6 Å². The molecule has 5 heteroatoms. The highest BCUT2D eigenvalue weighted by Crippen LogP contribution is 2.28. The number of rotatable bonds is 2. The van der Waals surface area contributed by atoms with Crippen LogP contribution in [0, 0.1) is 5.92 Å². The SMILES string of the molecule is CC1(C)CC(NC(=O)C2CNC(=O)C2)CC(C)(C)N1. The number of hydrogen-bond acceptors (Lipinski definition) is 3. The molecule has 0 aliphatic carbocycles. The molecule has 0 spiro atoms. The lowest BCUT2D eigenvalue weighted by molar-refractivity contribution is -0.127. The zero-order valence-corrected chi connectivity index (χ0v) is 12.3. The summed E-state index contributed by atoms with van der Waals surface area (Å²) < 4.78 is 0. The second kappa shape index (κ2) is 4.78. The van der Waals surface area contributed by atoms with Crippen LogP contribution < -0.4 is 16.0 Å². The van der Waals surface area contributed by atoms with Crippen molar-refractivity contribution in [2.75, 3.05) is 6.54 Å². The van der Waals surface area contributed by atoms with E-state index in [9.17, 15) is 9.59 Å². The first-order valence-electron chi connectivity index (χ1n) is 7.03. The minimum Gasteiger partial charge on any atom is -0.355 e. The monoisotopic (exact) mass is 267 g/mol. The van der Waals surface area contributed by atoms with Crippen LogP contribution in [0.1, 0.15) is 47.0 Å². The van der Waals surface area contributed by atoms with Crippen LogP contribution in [0.4, 0.5) is 0 Å². The van der Waals surface area contributed by atoms with Gasteiger partial charge in [-0.15, -0.1) is 0 Å². The third kappa shape index (κ3) is 3.69. The lowest BCUT2D eigenvalue weighted by atomic mass is 9.79. The van der Waals surface area contributed by atoms with Gasteiger partial charge < -0.3 is 16.0 Å². The van der Waals surface area contributed by atoms with Gasteiger partial charge in [-0.25, -0.2) is 0 Å². The van der Waals surface area contributed by atoms with E-state index in [-0.39, 0.29) is 34.9 Å². The molecule has 2 heterocycles. The maximum absolute atomic E-state index is 12.2. The summed E-state index contributed by atoms with van der Waals surface area (Å²) in [5, 5.41) is 9.42. The fourth-order valence-electron chi connectivity index (χ4n) is 3.53. The molecule has 2 aliphatic heterocycles. The summed E-state index contributed by atoms with van der Waals surface area (Å²) in [5.41, 5.74) is 0.0346. The van der Waals surface area contributed by atoms with Gasteiger partial charge in [0.2, 0.25) is 11.8 Å². The summed E-state index contributed by atoms with van der Waals surface area (Å²) in [5.74, 6) is -0.211. The Balaban J connectivity index is 1.95. The molecule has 2 amide bonds. The zero-order valence-electron chi connectivity index (χ0n) is 12.3. The van der Waals surface area contributed by atoms with E-state index in [1.54, 1.807) is 0 Å². The van der Waals surface area contributed by atoms with Crippen LogP contribution in [0.2, 0.25) is 0 Å². The Morgan fingerprint density at radius 1 is 1.21 bits per heavy atom. The average Bonchev–Trinajstić information content (AvgIpc) is 2.59. The second-order valence-corrected chi connectivity index (χ2v) is 7.21. The highest BCUT2D eigenvalue weighted by molar-refractivity contribution is 5.89. The molecule has 1 unspecified atom stereocenters. The van der Waals surface area contributed by atoms with E-state index >= 15 is 0 Å². The Kier molecular flexibility index (Phi) is 3.60. The summed E-state index contributed by atoms with van der Waals surface area (Å²) >= 11 is 0. The lowest BCUT2D eigenvalue weighted by Crippen LogP contribution is -2.62. The summed E-state index contributed by atoms with van der Waals surface area (Å²) in [7, 11) is 0. The van der Waals surface area contributed by atoms with Gasteiger partial charge in [0.05, 0.1) is 5.92 Å². The molecule has 0 radical (unpaired) electrons. The predicted octanol–water partition coefficient (Wildman–Crippen LogP) is 0.548. The molecule has 0 bridgehead atoms. The van der Waals surface area contributed by atoms with Crippen molar-refractivity contribution in [1.82, 2.24) is 16.0 Å². The Bertz CT molecular complexity index is 374. The van der Waals surface area contributed by atoms with E-state index in [1.807, 2.05) is 0 Å². The lowest BCUT2D eigenvalue weighted by Gasteiger charge is -2.46. The maximum atomic E-state index is 12.2. The van der Waals surface area contributed by atoms with Gasteiger partial charge in [0.15, 0.2) is 0 Å². The summed E-state index contributed by atoms with van der Waals surface area (Å²) in [6, 6.07) is 0.175. The van der Waals surface area contributed by atoms with E-state index < -0.39 is 0 Å². The maximum Gasteiger partial charge on any atom is 0.225 e. The predicted molar refractivity (Wildman–Crippen MR) is 73.6 cm³/mol. The van der Waals surface area contributed by atoms with Crippen molar-refractivity contribution >= 4 is 11.8 Å². The molecule has 5 nitrogen and oxygen atoms in total. The molecule has 1 atom stereocenters. The molecule has 2 aliphatic rings. The number of nitrogens with one attached hydrogen (secondary N) is 3. The van der Waals surface area contributed by atoms with Crippen LogP contribution in [0.25, 0.3) is 0 Å². The molecule has 2 saturated heterocycles. The minimum absolute atomic E-state index is 0.0110. The Labute approximate surface area is 114 Å². The second-order valence-electron chi connectivity index (χ2n) is 7.21. The smallest absolute Gasteiger partial charge is 0.225 e. The molecule has 2 rings (SSSR count). The van der Waals surface area contributed by atoms with Gasteiger partial charge in [-0.3, -0.25) is 9.59 Å². The zero-order chi connectivity index (χ0) is 14.3. The molecule has 2 fully saturated rings. The van der Waals surface area contributed by atoms with Gasteiger partial charge in [-0.2, -0.15) is 0 Å². The van der Waals surface area contributed by atoms with Crippen LogP contribution in [-0.4, -0.2) is 35.5 Å². The van der Waals surface area contributed by atoms with E-state index in [4.69, 9.17) is 0 Å². The quantitative estimate of drug-likeness (QED) is 0.684. The van der Waals surface area contributed by atoms with Crippen molar-refractivity contribution in [1.29, 1.82) is 0 Å². The van der Waals surface area contributed by atoms with E-state index in [0.29, 0.717) is 13.0 Å². The van der Waals surface area contributed by atoms with Gasteiger partial charge in [0.1, 0.15) is 0 Å². The molecule has 0 aromatic carbocycles. The number of piperidine rings is 1. The van der Waals surface area contributed by atoms with Crippen molar-refractivity contribution in [3.05, 3.63) is 0 Å². The highest BCUT2D eigenvalue weighted by atomic mass is 16.2. The van der Waals surface area contributed by atoms with Gasteiger partial charge in [-0.1, -0.05) is 0 Å². The van der Waals surface area contributed by atoms with Crippen LogP contribution in [0.15, 0.2) is 0 Å². The largest absolute Gasteiger partial charge is 0.355 e. The molecule has 0 aromatic heterocycles. The molecule has 108 valence electrons. The molecular formula is C14H25N3O2. The van der Waals surface area contributed by atoms with Gasteiger partial charge in [-0.05, 0) is 40.5 Å². The third-order valence-electron chi connectivity index (χ3n) is 3.88. The Morgan fingerprint density at radius 3 is 2.26 bits per heavy atom. The third-order valence-corrected chi connectivity index (χ3v) is 3.88. The summed E-state index contributed by atoms with van der Waals surface area (Å²) in [6.07, 6.45) is 2.15. The van der Waals surface area contributed by atoms with Gasteiger partial charge >= 0.3 is 0 Å². The first kappa shape index (κ1) is 14.3. The van der Waals surface area contributed by atoms with Crippen LogP contribution in [-0.2, 0) is 9.59 Å². The first-order chi connectivity index (χ1) is 8.67.